The third-order valence-electron chi connectivity index (χ3n) is 4.00. The van der Waals surface area contributed by atoms with Gasteiger partial charge in [0.15, 0.2) is 0 Å². The van der Waals surface area contributed by atoms with Crippen LogP contribution in [0.3, 0.4) is 0 Å². The van der Waals surface area contributed by atoms with Crippen molar-refractivity contribution in [2.75, 3.05) is 0 Å². The number of hydrogen-bond donors (Lipinski definition) is 2. The van der Waals surface area contributed by atoms with Crippen LogP contribution in [0.4, 0.5) is 4.39 Å². The largest absolute Gasteiger partial charge is 0.387 e. The SMILES string of the molecule is O=C(NCc1ncc(Cl)cc1Cl)[C@]1(F)CC[C@H](O)c2ncccc21. The van der Waals surface area contributed by atoms with Gasteiger partial charge in [0.25, 0.3) is 5.91 Å². The van der Waals surface area contributed by atoms with E-state index in [1.54, 1.807) is 0 Å². The standard InChI is InChI=1S/C16H14Cl2FN3O2/c17-9-6-11(18)12(21-7-9)8-22-15(24)16(19)4-3-13(23)14-10(16)2-1-5-20-14/h1-2,5-7,13,23H,3-4,8H2,(H,22,24)/t13-,16-/m0/s1. The second kappa shape index (κ2) is 6.63. The first kappa shape index (κ1) is 17.1. The molecule has 126 valence electrons. The van der Waals surface area contributed by atoms with Crippen molar-refractivity contribution in [3.63, 3.8) is 0 Å². The predicted molar refractivity (Wildman–Crippen MR) is 87.3 cm³/mol. The zero-order chi connectivity index (χ0) is 17.3. The van der Waals surface area contributed by atoms with Crippen LogP contribution in [0, 0.1) is 0 Å². The Morgan fingerprint density at radius 3 is 3.00 bits per heavy atom. The van der Waals surface area contributed by atoms with Gasteiger partial charge in [0.1, 0.15) is 0 Å². The minimum atomic E-state index is -2.25. The number of pyridine rings is 2. The maximum Gasteiger partial charge on any atom is 0.262 e. The average Bonchev–Trinajstić information content (AvgIpc) is 2.57. The summed E-state index contributed by atoms with van der Waals surface area (Å²) >= 11 is 11.8. The summed E-state index contributed by atoms with van der Waals surface area (Å²) in [5, 5.41) is 13.1. The third kappa shape index (κ3) is 3.09. The quantitative estimate of drug-likeness (QED) is 0.871. The van der Waals surface area contributed by atoms with Crippen LogP contribution >= 0.6 is 23.2 Å². The molecule has 0 aliphatic heterocycles. The summed E-state index contributed by atoms with van der Waals surface area (Å²) < 4.78 is 15.4. The van der Waals surface area contributed by atoms with Gasteiger partial charge in [-0.15, -0.1) is 0 Å². The van der Waals surface area contributed by atoms with E-state index in [-0.39, 0.29) is 35.7 Å². The third-order valence-corrected chi connectivity index (χ3v) is 4.54. The zero-order valence-corrected chi connectivity index (χ0v) is 14.0. The molecule has 24 heavy (non-hydrogen) atoms. The Hall–Kier alpha value is -1.76. The van der Waals surface area contributed by atoms with Crippen LogP contribution < -0.4 is 5.32 Å². The lowest BCUT2D eigenvalue weighted by molar-refractivity contribution is -0.135. The van der Waals surface area contributed by atoms with Gasteiger partial charge >= 0.3 is 0 Å². The van der Waals surface area contributed by atoms with Gasteiger partial charge in [0.2, 0.25) is 5.67 Å². The Balaban J connectivity index is 1.81. The average molecular weight is 370 g/mol. The van der Waals surface area contributed by atoms with Gasteiger partial charge in [-0.1, -0.05) is 29.3 Å². The molecule has 5 nitrogen and oxygen atoms in total. The highest BCUT2D eigenvalue weighted by atomic mass is 35.5. The van der Waals surface area contributed by atoms with Crippen molar-refractivity contribution in [2.45, 2.75) is 31.2 Å². The molecule has 8 heteroatoms. The lowest BCUT2D eigenvalue weighted by Crippen LogP contribution is -2.44. The Labute approximate surface area is 147 Å². The number of nitrogens with one attached hydrogen (secondary N) is 1. The number of carbonyl (C=O) groups is 1. The van der Waals surface area contributed by atoms with E-state index in [1.165, 1.54) is 30.6 Å². The summed E-state index contributed by atoms with van der Waals surface area (Å²) in [5.41, 5.74) is -1.57. The van der Waals surface area contributed by atoms with Crippen LogP contribution in [0.15, 0.2) is 30.6 Å². The van der Waals surface area contributed by atoms with Gasteiger partial charge in [0, 0.05) is 18.0 Å². The molecular weight excluding hydrogens is 356 g/mol. The van der Waals surface area contributed by atoms with E-state index in [1.807, 2.05) is 0 Å². The van der Waals surface area contributed by atoms with E-state index < -0.39 is 17.7 Å². The lowest BCUT2D eigenvalue weighted by Gasteiger charge is -2.32. The van der Waals surface area contributed by atoms with Gasteiger partial charge in [-0.05, 0) is 25.0 Å². The summed E-state index contributed by atoms with van der Waals surface area (Å²) in [4.78, 5) is 20.5. The molecule has 1 aliphatic rings. The minimum absolute atomic E-state index is 0.0291. The van der Waals surface area contributed by atoms with Crippen LogP contribution in [0.1, 0.15) is 35.9 Å². The Morgan fingerprint density at radius 2 is 2.25 bits per heavy atom. The number of aromatic nitrogens is 2. The molecule has 0 aromatic carbocycles. The van der Waals surface area contributed by atoms with E-state index in [9.17, 15) is 9.90 Å². The number of aliphatic hydroxyl groups is 1. The first-order chi connectivity index (χ1) is 11.4. The topological polar surface area (TPSA) is 75.1 Å². The predicted octanol–water partition coefficient (Wildman–Crippen LogP) is 3.09. The number of alkyl halides is 1. The van der Waals surface area contributed by atoms with Crippen LogP contribution in [-0.2, 0) is 17.0 Å². The van der Waals surface area contributed by atoms with Crippen molar-refractivity contribution in [1.29, 1.82) is 0 Å². The summed E-state index contributed by atoms with van der Waals surface area (Å²) in [6, 6.07) is 4.51. The monoisotopic (exact) mass is 369 g/mol. The van der Waals surface area contributed by atoms with Crippen molar-refractivity contribution in [3.8, 4) is 0 Å². The summed E-state index contributed by atoms with van der Waals surface area (Å²) in [5.74, 6) is -0.809. The van der Waals surface area contributed by atoms with E-state index in [0.29, 0.717) is 10.7 Å². The molecule has 1 aliphatic carbocycles. The molecular formula is C16H14Cl2FN3O2. The molecule has 2 atom stereocenters. The molecule has 3 rings (SSSR count). The maximum atomic E-state index is 15.4. The van der Waals surface area contributed by atoms with Gasteiger partial charge in [-0.3, -0.25) is 14.8 Å². The molecule has 0 saturated heterocycles. The highest BCUT2D eigenvalue weighted by molar-refractivity contribution is 6.34. The first-order valence-electron chi connectivity index (χ1n) is 7.32. The molecule has 2 aromatic rings. The Kier molecular flexibility index (Phi) is 4.71. The van der Waals surface area contributed by atoms with E-state index in [4.69, 9.17) is 23.2 Å². The van der Waals surface area contributed by atoms with Crippen LogP contribution in [0.5, 0.6) is 0 Å². The maximum absolute atomic E-state index is 15.4. The molecule has 0 unspecified atom stereocenters. The van der Waals surface area contributed by atoms with Crippen LogP contribution in [0.25, 0.3) is 0 Å². The van der Waals surface area contributed by atoms with Gasteiger partial charge in [-0.25, -0.2) is 4.39 Å². The minimum Gasteiger partial charge on any atom is -0.387 e. The number of rotatable bonds is 3. The van der Waals surface area contributed by atoms with Crippen molar-refractivity contribution in [1.82, 2.24) is 15.3 Å². The van der Waals surface area contributed by atoms with E-state index in [2.05, 4.69) is 15.3 Å². The van der Waals surface area contributed by atoms with E-state index >= 15 is 4.39 Å². The molecule has 2 heterocycles. The number of nitrogens with zero attached hydrogens (tertiary/aromatic N) is 2. The fraction of sp³-hybridized carbons (Fsp3) is 0.312. The second-order valence-electron chi connectivity index (χ2n) is 5.56. The fourth-order valence-electron chi connectivity index (χ4n) is 2.74. The van der Waals surface area contributed by atoms with Gasteiger partial charge < -0.3 is 10.4 Å². The Morgan fingerprint density at radius 1 is 1.46 bits per heavy atom. The first-order valence-corrected chi connectivity index (χ1v) is 8.08. The highest BCUT2D eigenvalue weighted by Gasteiger charge is 2.46. The molecule has 0 radical (unpaired) electrons. The molecule has 0 fully saturated rings. The summed E-state index contributed by atoms with van der Waals surface area (Å²) in [6.07, 6.45) is 1.98. The van der Waals surface area contributed by atoms with Crippen molar-refractivity contribution in [2.24, 2.45) is 0 Å². The number of amides is 1. The molecule has 2 N–H and O–H groups in total. The van der Waals surface area contributed by atoms with Crippen molar-refractivity contribution < 1.29 is 14.3 Å². The normalized spacial score (nSPS) is 22.8. The molecule has 1 amide bonds. The number of carbonyl (C=O) groups excluding carboxylic acids is 1. The lowest BCUT2D eigenvalue weighted by atomic mass is 9.81. The molecule has 0 spiro atoms. The number of halogens is 3. The number of hydrogen-bond acceptors (Lipinski definition) is 4. The Bertz CT molecular complexity index is 790. The summed E-state index contributed by atoms with van der Waals surface area (Å²) in [7, 11) is 0. The molecule has 2 aromatic heterocycles. The van der Waals surface area contributed by atoms with Crippen molar-refractivity contribution >= 4 is 29.1 Å². The number of fused-ring (bicyclic) bond motifs is 1. The highest BCUT2D eigenvalue weighted by Crippen LogP contribution is 2.42. The second-order valence-corrected chi connectivity index (χ2v) is 6.40. The van der Waals surface area contributed by atoms with Crippen LogP contribution in [0.2, 0.25) is 10.0 Å². The van der Waals surface area contributed by atoms with E-state index in [0.717, 1.165) is 0 Å². The summed E-state index contributed by atoms with van der Waals surface area (Å²) in [6.45, 7) is -0.0291. The smallest absolute Gasteiger partial charge is 0.262 e. The molecule has 0 bridgehead atoms. The fourth-order valence-corrected chi connectivity index (χ4v) is 3.18. The number of aliphatic hydroxyl groups excluding tert-OH is 1. The van der Waals surface area contributed by atoms with Gasteiger partial charge in [0.05, 0.1) is 34.1 Å². The van der Waals surface area contributed by atoms with Gasteiger partial charge in [-0.2, -0.15) is 0 Å². The van der Waals surface area contributed by atoms with Crippen LogP contribution in [-0.4, -0.2) is 21.0 Å². The molecule has 0 saturated carbocycles. The van der Waals surface area contributed by atoms with Crippen molar-refractivity contribution in [3.05, 3.63) is 57.6 Å². The zero-order valence-electron chi connectivity index (χ0n) is 12.5.